The first-order chi connectivity index (χ1) is 10.0. The quantitative estimate of drug-likeness (QED) is 0.560. The average Bonchev–Trinajstić information content (AvgIpc) is 3.03. The summed E-state index contributed by atoms with van der Waals surface area (Å²) in [6.07, 6.45) is 0. The molecule has 0 bridgehead atoms. The van der Waals surface area contributed by atoms with E-state index in [0.29, 0.717) is 20.0 Å². The van der Waals surface area contributed by atoms with Crippen molar-refractivity contribution < 1.29 is 14.1 Å². The van der Waals surface area contributed by atoms with Crippen LogP contribution < -0.4 is 5.32 Å². The molecule has 1 N–H and O–H groups in total. The molecule has 0 unspecified atom stereocenters. The van der Waals surface area contributed by atoms with E-state index in [2.05, 4.69) is 26.2 Å². The Morgan fingerprint density at radius 2 is 2.19 bits per heavy atom. The number of furan rings is 1. The molecular weight excluding hydrogens is 362 g/mol. The van der Waals surface area contributed by atoms with Gasteiger partial charge in [-0.3, -0.25) is 20.2 Å². The second-order valence-corrected chi connectivity index (χ2v) is 5.80. The number of hydrogen-bond donors (Lipinski definition) is 1. The molecule has 0 saturated carbocycles. The van der Waals surface area contributed by atoms with Crippen molar-refractivity contribution >= 4 is 54.2 Å². The summed E-state index contributed by atoms with van der Waals surface area (Å²) in [5.41, 5.74) is 0.570. The van der Waals surface area contributed by atoms with E-state index in [-0.39, 0.29) is 11.4 Å². The molecule has 0 spiro atoms. The number of amides is 1. The monoisotopic (exact) mass is 367 g/mol. The van der Waals surface area contributed by atoms with Crippen LogP contribution in [-0.2, 0) is 0 Å². The number of nitrogens with zero attached hydrogens (tertiary/aromatic N) is 2. The number of carbonyl (C=O) groups is 1. The molecule has 0 fully saturated rings. The predicted molar refractivity (Wildman–Crippen MR) is 80.6 cm³/mol. The van der Waals surface area contributed by atoms with Crippen LogP contribution in [0.2, 0.25) is 0 Å². The van der Waals surface area contributed by atoms with E-state index in [1.165, 1.54) is 18.2 Å². The summed E-state index contributed by atoms with van der Waals surface area (Å²) >= 11 is 4.27. The summed E-state index contributed by atoms with van der Waals surface area (Å²) < 4.78 is 6.21. The van der Waals surface area contributed by atoms with Crippen molar-refractivity contribution in [2.45, 2.75) is 0 Å². The zero-order chi connectivity index (χ0) is 15.0. The number of nitro benzene ring substituents is 1. The topological polar surface area (TPSA) is 98.3 Å². The van der Waals surface area contributed by atoms with E-state index in [4.69, 9.17) is 4.42 Å². The molecule has 0 radical (unpaired) electrons. The molecule has 7 nitrogen and oxygen atoms in total. The zero-order valence-corrected chi connectivity index (χ0v) is 12.6. The van der Waals surface area contributed by atoms with Crippen LogP contribution in [0.5, 0.6) is 0 Å². The molecule has 9 heteroatoms. The van der Waals surface area contributed by atoms with Crippen molar-refractivity contribution in [3.8, 4) is 0 Å². The van der Waals surface area contributed by atoms with Gasteiger partial charge < -0.3 is 4.42 Å². The standard InChI is InChI=1S/C12H6BrN3O4S/c13-10-4-3-8(20-10)11(17)15-12-14-7-2-1-6(16(18)19)5-9(7)21-12/h1-5H,(H,14,15,17). The number of aromatic nitrogens is 1. The third kappa shape index (κ3) is 2.78. The van der Waals surface area contributed by atoms with Gasteiger partial charge in [0.15, 0.2) is 15.6 Å². The third-order valence-corrected chi connectivity index (χ3v) is 3.96. The minimum absolute atomic E-state index is 0.0148. The number of halogens is 1. The van der Waals surface area contributed by atoms with E-state index in [1.807, 2.05) is 0 Å². The summed E-state index contributed by atoms with van der Waals surface area (Å²) in [6.45, 7) is 0. The average molecular weight is 368 g/mol. The lowest BCUT2D eigenvalue weighted by atomic mass is 10.3. The Bertz CT molecular complexity index is 857. The molecule has 106 valence electrons. The molecule has 2 aromatic heterocycles. The summed E-state index contributed by atoms with van der Waals surface area (Å²) in [4.78, 5) is 26.4. The smallest absolute Gasteiger partial charge is 0.293 e. The van der Waals surface area contributed by atoms with Crippen LogP contribution in [0.4, 0.5) is 10.8 Å². The number of nitro groups is 1. The van der Waals surface area contributed by atoms with Crippen LogP contribution in [0.3, 0.4) is 0 Å². The van der Waals surface area contributed by atoms with Crippen LogP contribution in [0, 0.1) is 10.1 Å². The molecule has 3 rings (SSSR count). The number of hydrogen-bond acceptors (Lipinski definition) is 6. The van der Waals surface area contributed by atoms with Gasteiger partial charge in [-0.15, -0.1) is 0 Å². The van der Waals surface area contributed by atoms with E-state index in [0.717, 1.165) is 11.3 Å². The highest BCUT2D eigenvalue weighted by molar-refractivity contribution is 9.10. The summed E-state index contributed by atoms with van der Waals surface area (Å²) in [6, 6.07) is 7.47. The van der Waals surface area contributed by atoms with Crippen LogP contribution in [-0.4, -0.2) is 15.8 Å². The van der Waals surface area contributed by atoms with Crippen LogP contribution in [0.15, 0.2) is 39.4 Å². The van der Waals surface area contributed by atoms with Gasteiger partial charge >= 0.3 is 0 Å². The minimum atomic E-state index is -0.474. The van der Waals surface area contributed by atoms with E-state index in [1.54, 1.807) is 12.1 Å². The Hall–Kier alpha value is -2.26. The summed E-state index contributed by atoms with van der Waals surface area (Å²) in [7, 11) is 0. The number of fused-ring (bicyclic) bond motifs is 1. The number of nitrogens with one attached hydrogen (secondary N) is 1. The first-order valence-corrected chi connectivity index (χ1v) is 7.25. The van der Waals surface area contributed by atoms with Gasteiger partial charge in [0.2, 0.25) is 0 Å². The molecule has 2 heterocycles. The Labute approximate surface area is 129 Å². The fourth-order valence-corrected chi connectivity index (χ4v) is 2.88. The second-order valence-electron chi connectivity index (χ2n) is 3.99. The molecule has 1 amide bonds. The van der Waals surface area contributed by atoms with Gasteiger partial charge in [0.05, 0.1) is 15.1 Å². The lowest BCUT2D eigenvalue weighted by molar-refractivity contribution is -0.384. The highest BCUT2D eigenvalue weighted by Crippen LogP contribution is 2.29. The fraction of sp³-hybridized carbons (Fsp3) is 0. The van der Waals surface area contributed by atoms with Gasteiger partial charge in [-0.1, -0.05) is 11.3 Å². The van der Waals surface area contributed by atoms with Crippen LogP contribution in [0.1, 0.15) is 10.6 Å². The fourth-order valence-electron chi connectivity index (χ4n) is 1.68. The Morgan fingerprint density at radius 1 is 1.38 bits per heavy atom. The van der Waals surface area contributed by atoms with Crippen molar-refractivity contribution in [1.29, 1.82) is 0 Å². The molecule has 0 aliphatic heterocycles. The normalized spacial score (nSPS) is 10.7. The number of anilines is 1. The first-order valence-electron chi connectivity index (χ1n) is 5.64. The summed E-state index contributed by atoms with van der Waals surface area (Å²) in [5, 5.41) is 13.7. The van der Waals surface area contributed by atoms with Crippen molar-refractivity contribution in [2.24, 2.45) is 0 Å². The zero-order valence-electron chi connectivity index (χ0n) is 10.2. The van der Waals surface area contributed by atoms with Gasteiger partial charge in [-0.2, -0.15) is 0 Å². The molecule has 21 heavy (non-hydrogen) atoms. The number of benzene rings is 1. The maximum Gasteiger partial charge on any atom is 0.293 e. The van der Waals surface area contributed by atoms with Gasteiger partial charge in [0, 0.05) is 12.1 Å². The Kier molecular flexibility index (Phi) is 3.43. The lowest BCUT2D eigenvalue weighted by Crippen LogP contribution is -2.10. The van der Waals surface area contributed by atoms with Crippen molar-refractivity contribution in [2.75, 3.05) is 5.32 Å². The van der Waals surface area contributed by atoms with E-state index < -0.39 is 10.8 Å². The molecule has 0 atom stereocenters. The van der Waals surface area contributed by atoms with Crippen molar-refractivity contribution in [3.05, 3.63) is 50.9 Å². The summed E-state index contributed by atoms with van der Waals surface area (Å²) in [5.74, 6) is -0.290. The number of non-ortho nitro benzene ring substituents is 1. The number of rotatable bonds is 3. The number of carbonyl (C=O) groups excluding carboxylic acids is 1. The van der Waals surface area contributed by atoms with Gasteiger partial charge in [0.1, 0.15) is 0 Å². The maximum atomic E-state index is 11.9. The second kappa shape index (κ2) is 5.26. The molecule has 0 saturated heterocycles. The highest BCUT2D eigenvalue weighted by Gasteiger charge is 2.15. The molecule has 1 aromatic carbocycles. The largest absolute Gasteiger partial charge is 0.444 e. The van der Waals surface area contributed by atoms with Crippen LogP contribution in [0.25, 0.3) is 10.2 Å². The Morgan fingerprint density at radius 3 is 2.86 bits per heavy atom. The van der Waals surface area contributed by atoms with Crippen LogP contribution >= 0.6 is 27.3 Å². The van der Waals surface area contributed by atoms with E-state index >= 15 is 0 Å². The molecule has 0 aliphatic rings. The molecule has 3 aromatic rings. The maximum absolute atomic E-state index is 11.9. The van der Waals surface area contributed by atoms with Crippen molar-refractivity contribution in [3.63, 3.8) is 0 Å². The first kappa shape index (κ1) is 13.7. The minimum Gasteiger partial charge on any atom is -0.444 e. The van der Waals surface area contributed by atoms with Gasteiger partial charge in [-0.25, -0.2) is 4.98 Å². The predicted octanol–water partition coefficient (Wildman–Crippen LogP) is 3.81. The highest BCUT2D eigenvalue weighted by atomic mass is 79.9. The number of thiazole rings is 1. The SMILES string of the molecule is O=C(Nc1nc2ccc([N+](=O)[O-])cc2s1)c1ccc(Br)o1. The van der Waals surface area contributed by atoms with Gasteiger partial charge in [0.25, 0.3) is 11.6 Å². The molecular formula is C12H6BrN3O4S. The molecule has 0 aliphatic carbocycles. The van der Waals surface area contributed by atoms with Crippen molar-refractivity contribution in [1.82, 2.24) is 4.98 Å². The van der Waals surface area contributed by atoms with Gasteiger partial charge in [-0.05, 0) is 34.1 Å². The third-order valence-electron chi connectivity index (χ3n) is 2.60. The lowest BCUT2D eigenvalue weighted by Gasteiger charge is -1.96. The van der Waals surface area contributed by atoms with E-state index in [9.17, 15) is 14.9 Å². The Balaban J connectivity index is 1.87.